The van der Waals surface area contributed by atoms with Gasteiger partial charge in [-0.05, 0) is 35.9 Å². The minimum atomic E-state index is 0.366. The van der Waals surface area contributed by atoms with Gasteiger partial charge in [0.05, 0.1) is 17.8 Å². The second kappa shape index (κ2) is 4.73. The number of hydrogen-bond donors (Lipinski definition) is 1. The van der Waals surface area contributed by atoms with E-state index in [1.54, 1.807) is 18.2 Å². The Bertz CT molecular complexity index is 528. The highest BCUT2D eigenvalue weighted by Gasteiger charge is 2.02. The van der Waals surface area contributed by atoms with Gasteiger partial charge in [0.1, 0.15) is 11.8 Å². The van der Waals surface area contributed by atoms with Crippen LogP contribution in [0.5, 0.6) is 0 Å². The van der Waals surface area contributed by atoms with Crippen LogP contribution in [-0.2, 0) is 6.54 Å². The molecule has 1 heterocycles. The molecule has 1 N–H and O–H groups in total. The second-order valence-corrected chi connectivity index (χ2v) is 3.59. The molecule has 2 rings (SSSR count). The Kier molecular flexibility index (Phi) is 3.13. The molecular formula is C12H9ClN2O. The molecule has 0 bridgehead atoms. The van der Waals surface area contributed by atoms with Crippen LogP contribution < -0.4 is 5.32 Å². The van der Waals surface area contributed by atoms with Gasteiger partial charge < -0.3 is 9.73 Å². The summed E-state index contributed by atoms with van der Waals surface area (Å²) < 4.78 is 5.20. The summed E-state index contributed by atoms with van der Waals surface area (Å²) in [6.45, 7) is 0.505. The first-order valence-corrected chi connectivity index (χ1v) is 5.14. The normalized spacial score (nSPS) is 9.75. The molecule has 0 radical (unpaired) electrons. The Morgan fingerprint density at radius 2 is 2.06 bits per heavy atom. The maximum atomic E-state index is 8.89. The van der Waals surface area contributed by atoms with E-state index >= 15 is 0 Å². The van der Waals surface area contributed by atoms with Crippen LogP contribution in [0, 0.1) is 11.3 Å². The van der Waals surface area contributed by atoms with Gasteiger partial charge in [-0.25, -0.2) is 0 Å². The van der Waals surface area contributed by atoms with Crippen molar-refractivity contribution in [2.24, 2.45) is 0 Å². The highest BCUT2D eigenvalue weighted by Crippen LogP contribution is 2.17. The summed E-state index contributed by atoms with van der Waals surface area (Å²) in [7, 11) is 0. The Balaban J connectivity index is 2.08. The van der Waals surface area contributed by atoms with Crippen LogP contribution in [0.3, 0.4) is 0 Å². The molecule has 0 aliphatic heterocycles. The van der Waals surface area contributed by atoms with Gasteiger partial charge in [0.25, 0.3) is 0 Å². The zero-order valence-electron chi connectivity index (χ0n) is 8.40. The molecule has 16 heavy (non-hydrogen) atoms. The zero-order chi connectivity index (χ0) is 11.4. The van der Waals surface area contributed by atoms with Crippen molar-refractivity contribution >= 4 is 17.3 Å². The van der Waals surface area contributed by atoms with Crippen molar-refractivity contribution in [3.63, 3.8) is 0 Å². The van der Waals surface area contributed by atoms with Crippen molar-refractivity contribution in [1.29, 1.82) is 5.26 Å². The second-order valence-electron chi connectivity index (χ2n) is 3.22. The first kappa shape index (κ1) is 10.6. The van der Waals surface area contributed by atoms with Crippen LogP contribution in [-0.4, -0.2) is 0 Å². The summed E-state index contributed by atoms with van der Waals surface area (Å²) in [4.78, 5) is 0. The predicted octanol–water partition coefficient (Wildman–Crippen LogP) is 3.42. The van der Waals surface area contributed by atoms with Gasteiger partial charge in [-0.1, -0.05) is 12.1 Å². The largest absolute Gasteiger partial charge is 0.448 e. The molecular weight excluding hydrogens is 224 g/mol. The first-order chi connectivity index (χ1) is 7.79. The average Bonchev–Trinajstić information content (AvgIpc) is 2.73. The Hall–Kier alpha value is -1.92. The Morgan fingerprint density at radius 1 is 1.25 bits per heavy atom. The molecule has 2 aromatic rings. The van der Waals surface area contributed by atoms with Gasteiger partial charge in [0.15, 0.2) is 5.22 Å². The number of hydrogen-bond acceptors (Lipinski definition) is 3. The van der Waals surface area contributed by atoms with E-state index in [0.717, 1.165) is 11.4 Å². The van der Waals surface area contributed by atoms with Crippen LogP contribution in [0.15, 0.2) is 40.8 Å². The number of nitrogens with one attached hydrogen (secondary N) is 1. The summed E-state index contributed by atoms with van der Waals surface area (Å²) >= 11 is 5.65. The number of furan rings is 1. The summed E-state index contributed by atoms with van der Waals surface area (Å²) in [6.07, 6.45) is 0. The lowest BCUT2D eigenvalue weighted by atomic mass is 10.2. The topological polar surface area (TPSA) is 49.0 Å². The van der Waals surface area contributed by atoms with E-state index in [-0.39, 0.29) is 0 Å². The van der Waals surface area contributed by atoms with Crippen molar-refractivity contribution in [3.8, 4) is 6.07 Å². The van der Waals surface area contributed by atoms with E-state index in [4.69, 9.17) is 21.3 Å². The molecule has 1 aromatic heterocycles. The standard InChI is InChI=1S/C12H9ClN2O/c13-12-6-5-10(16-12)8-15-11-4-2-1-3-9(11)7-14/h1-6,15H,8H2. The van der Waals surface area contributed by atoms with E-state index in [1.165, 1.54) is 0 Å². The lowest BCUT2D eigenvalue weighted by Crippen LogP contribution is -1.99. The fraction of sp³-hybridized carbons (Fsp3) is 0.0833. The van der Waals surface area contributed by atoms with Crippen molar-refractivity contribution in [2.75, 3.05) is 5.32 Å². The average molecular weight is 233 g/mol. The van der Waals surface area contributed by atoms with Crippen molar-refractivity contribution in [2.45, 2.75) is 6.54 Å². The molecule has 0 aliphatic rings. The molecule has 3 nitrogen and oxygen atoms in total. The molecule has 1 aromatic carbocycles. The first-order valence-electron chi connectivity index (χ1n) is 4.77. The van der Waals surface area contributed by atoms with Crippen molar-refractivity contribution < 1.29 is 4.42 Å². The molecule has 0 fully saturated rings. The molecule has 0 saturated heterocycles. The van der Waals surface area contributed by atoms with Gasteiger partial charge >= 0.3 is 0 Å². The van der Waals surface area contributed by atoms with Gasteiger partial charge in [-0.2, -0.15) is 5.26 Å². The highest BCUT2D eigenvalue weighted by molar-refractivity contribution is 6.28. The van der Waals surface area contributed by atoms with Gasteiger partial charge in [0, 0.05) is 0 Å². The number of nitriles is 1. The summed E-state index contributed by atoms with van der Waals surface area (Å²) in [5.74, 6) is 0.734. The third-order valence-corrected chi connectivity index (χ3v) is 2.33. The zero-order valence-corrected chi connectivity index (χ0v) is 9.16. The number of nitrogens with zero attached hydrogens (tertiary/aromatic N) is 1. The molecule has 0 saturated carbocycles. The molecule has 0 spiro atoms. The van der Waals surface area contributed by atoms with Gasteiger partial charge in [-0.15, -0.1) is 0 Å². The number of rotatable bonds is 3. The van der Waals surface area contributed by atoms with Crippen LogP contribution >= 0.6 is 11.6 Å². The fourth-order valence-corrected chi connectivity index (χ4v) is 1.53. The Labute approximate surface area is 98.3 Å². The van der Waals surface area contributed by atoms with Gasteiger partial charge in [-0.3, -0.25) is 0 Å². The van der Waals surface area contributed by atoms with Crippen LogP contribution in [0.25, 0.3) is 0 Å². The summed E-state index contributed by atoms with van der Waals surface area (Å²) in [5, 5.41) is 12.4. The van der Waals surface area contributed by atoms with Gasteiger partial charge in [0.2, 0.25) is 0 Å². The minimum Gasteiger partial charge on any atom is -0.448 e. The van der Waals surface area contributed by atoms with E-state index in [0.29, 0.717) is 17.3 Å². The van der Waals surface area contributed by atoms with Crippen molar-refractivity contribution in [3.05, 3.63) is 52.9 Å². The number of benzene rings is 1. The maximum Gasteiger partial charge on any atom is 0.193 e. The quantitative estimate of drug-likeness (QED) is 0.882. The van der Waals surface area contributed by atoms with Crippen molar-refractivity contribution in [1.82, 2.24) is 0 Å². The number of anilines is 1. The Morgan fingerprint density at radius 3 is 2.75 bits per heavy atom. The van der Waals surface area contributed by atoms with E-state index in [2.05, 4.69) is 11.4 Å². The monoisotopic (exact) mass is 232 g/mol. The summed E-state index contributed by atoms with van der Waals surface area (Å²) in [6, 6.07) is 12.9. The molecule has 0 atom stereocenters. The molecule has 0 aliphatic carbocycles. The number of para-hydroxylation sites is 1. The maximum absolute atomic E-state index is 8.89. The van der Waals surface area contributed by atoms with Crippen LogP contribution in [0.1, 0.15) is 11.3 Å². The predicted molar refractivity (Wildman–Crippen MR) is 62.2 cm³/mol. The molecule has 80 valence electrons. The van der Waals surface area contributed by atoms with Crippen LogP contribution in [0.2, 0.25) is 5.22 Å². The van der Waals surface area contributed by atoms with E-state index in [1.807, 2.05) is 18.2 Å². The molecule has 0 unspecified atom stereocenters. The smallest absolute Gasteiger partial charge is 0.193 e. The lowest BCUT2D eigenvalue weighted by molar-refractivity contribution is 0.520. The number of halogens is 1. The third kappa shape index (κ3) is 2.36. The van der Waals surface area contributed by atoms with E-state index in [9.17, 15) is 0 Å². The fourth-order valence-electron chi connectivity index (χ4n) is 1.36. The summed E-state index contributed by atoms with van der Waals surface area (Å²) in [5.41, 5.74) is 1.40. The van der Waals surface area contributed by atoms with E-state index < -0.39 is 0 Å². The molecule has 4 heteroatoms. The lowest BCUT2D eigenvalue weighted by Gasteiger charge is -2.05. The molecule has 0 amide bonds. The SMILES string of the molecule is N#Cc1ccccc1NCc1ccc(Cl)o1. The van der Waals surface area contributed by atoms with Crippen LogP contribution in [0.4, 0.5) is 5.69 Å². The minimum absolute atomic E-state index is 0.366. The highest BCUT2D eigenvalue weighted by atomic mass is 35.5. The third-order valence-electron chi connectivity index (χ3n) is 2.13.